The number of sulfonamides is 1. The molecular weight excluding hydrogens is 561 g/mol. The molecular formula is C23H21F3N6O7S. The quantitative estimate of drug-likeness (QED) is 0.293. The normalized spacial score (nSPS) is 15.2. The number of hydrogen-bond donors (Lipinski definition) is 3. The summed E-state index contributed by atoms with van der Waals surface area (Å²) in [6.07, 6.45) is -6.47. The van der Waals surface area contributed by atoms with Gasteiger partial charge in [-0.1, -0.05) is 12.1 Å². The van der Waals surface area contributed by atoms with Crippen molar-refractivity contribution in [3.05, 3.63) is 58.3 Å². The second kappa shape index (κ2) is 9.60. The van der Waals surface area contributed by atoms with E-state index in [2.05, 4.69) is 9.71 Å². The summed E-state index contributed by atoms with van der Waals surface area (Å²) in [7, 11) is -4.81. The number of carbonyl (C=O) groups excluding carboxylic acids is 2. The Labute approximate surface area is 224 Å². The fourth-order valence-corrected chi connectivity index (χ4v) is 5.27. The van der Waals surface area contributed by atoms with E-state index in [0.717, 1.165) is 23.1 Å². The van der Waals surface area contributed by atoms with Gasteiger partial charge in [-0.15, -0.1) is 0 Å². The fraction of sp³-hybridized carbons (Fsp3) is 0.261. The average Bonchev–Trinajstić information content (AvgIpc) is 3.13. The van der Waals surface area contributed by atoms with Crippen molar-refractivity contribution in [2.24, 2.45) is 5.73 Å². The van der Waals surface area contributed by atoms with Crippen LogP contribution in [0.2, 0.25) is 0 Å². The molecule has 1 aliphatic heterocycles. The third kappa shape index (κ3) is 5.20. The molecule has 1 aliphatic rings. The Morgan fingerprint density at radius 2 is 1.80 bits per heavy atom. The van der Waals surface area contributed by atoms with Crippen molar-refractivity contribution in [1.82, 2.24) is 4.98 Å². The van der Waals surface area contributed by atoms with Crippen molar-refractivity contribution in [2.45, 2.75) is 43.6 Å². The van der Waals surface area contributed by atoms with Gasteiger partial charge < -0.3 is 15.8 Å². The van der Waals surface area contributed by atoms with E-state index in [0.29, 0.717) is 0 Å². The summed E-state index contributed by atoms with van der Waals surface area (Å²) in [5, 5.41) is 13.1. The van der Waals surface area contributed by atoms with Gasteiger partial charge in [0.25, 0.3) is 15.7 Å². The van der Waals surface area contributed by atoms with Crippen LogP contribution in [0.1, 0.15) is 32.5 Å². The molecule has 17 heteroatoms. The fourth-order valence-electron chi connectivity index (χ4n) is 4.04. The van der Waals surface area contributed by atoms with E-state index >= 15 is 0 Å². The van der Waals surface area contributed by atoms with Crippen LogP contribution in [0, 0.1) is 10.1 Å². The van der Waals surface area contributed by atoms with E-state index in [4.69, 9.17) is 10.5 Å². The van der Waals surface area contributed by atoms with Crippen molar-refractivity contribution in [1.29, 1.82) is 0 Å². The monoisotopic (exact) mass is 582 g/mol. The molecule has 1 unspecified atom stereocenters. The number of nitrogens with one attached hydrogen (secondary N) is 2. The summed E-state index contributed by atoms with van der Waals surface area (Å²) < 4.78 is 73.6. The van der Waals surface area contributed by atoms with Crippen LogP contribution >= 0.6 is 0 Å². The first-order chi connectivity index (χ1) is 18.4. The number of carbonyl (C=O) groups is 2. The number of halogens is 3. The first kappa shape index (κ1) is 28.5. The summed E-state index contributed by atoms with van der Waals surface area (Å²) in [4.78, 5) is 39.7. The van der Waals surface area contributed by atoms with E-state index in [1.807, 2.05) is 0 Å². The largest absolute Gasteiger partial charge is 0.471 e. The average molecular weight is 583 g/mol. The molecule has 4 rings (SSSR count). The number of amides is 2. The summed E-state index contributed by atoms with van der Waals surface area (Å²) in [5.74, 6) is -2.38. The molecule has 0 spiro atoms. The Balaban J connectivity index is 1.99. The van der Waals surface area contributed by atoms with Gasteiger partial charge in [-0.25, -0.2) is 13.2 Å². The summed E-state index contributed by atoms with van der Waals surface area (Å²) in [6.45, 7) is 4.68. The van der Waals surface area contributed by atoms with Crippen LogP contribution in [0.25, 0.3) is 10.9 Å². The van der Waals surface area contributed by atoms with Gasteiger partial charge >= 0.3 is 18.2 Å². The number of nitrogens with zero attached hydrogens (tertiary/aromatic N) is 3. The molecule has 3 aromatic rings. The first-order valence-electron chi connectivity index (χ1n) is 11.3. The molecule has 212 valence electrons. The number of ether oxygens (including phenoxy) is 1. The Kier molecular flexibility index (Phi) is 6.84. The number of nitro groups is 1. The summed E-state index contributed by atoms with van der Waals surface area (Å²) >= 11 is 0. The molecule has 0 bridgehead atoms. The third-order valence-corrected chi connectivity index (χ3v) is 6.96. The number of anilines is 3. The lowest BCUT2D eigenvalue weighted by molar-refractivity contribution is -0.387. The second-order valence-corrected chi connectivity index (χ2v) is 11.2. The highest BCUT2D eigenvalue weighted by Crippen LogP contribution is 2.49. The minimum absolute atomic E-state index is 0.0545. The highest BCUT2D eigenvalue weighted by molar-refractivity contribution is 7.92. The molecule has 2 amide bonds. The van der Waals surface area contributed by atoms with Crippen LogP contribution in [-0.2, 0) is 19.6 Å². The van der Waals surface area contributed by atoms with Crippen LogP contribution in [-0.4, -0.2) is 42.1 Å². The molecule has 40 heavy (non-hydrogen) atoms. The number of hydrogen-bond acceptors (Lipinski definition) is 9. The smallest absolute Gasteiger partial charge is 0.443 e. The zero-order chi connectivity index (χ0) is 29.8. The maximum atomic E-state index is 13.4. The minimum Gasteiger partial charge on any atom is -0.443 e. The van der Waals surface area contributed by atoms with Crippen LogP contribution < -0.4 is 20.7 Å². The minimum atomic E-state index is -5.31. The molecule has 0 aliphatic carbocycles. The van der Waals surface area contributed by atoms with E-state index in [9.17, 15) is 41.3 Å². The number of para-hydroxylation sites is 1. The number of nitro benzene ring substituents is 1. The molecule has 4 N–H and O–H groups in total. The number of benzene rings is 2. The van der Waals surface area contributed by atoms with E-state index in [1.165, 1.54) is 24.4 Å². The lowest BCUT2D eigenvalue weighted by Crippen LogP contribution is -2.40. The molecule has 1 aromatic heterocycles. The number of nitrogens with two attached hydrogens (primary N) is 1. The molecule has 1 atom stereocenters. The predicted octanol–water partition coefficient (Wildman–Crippen LogP) is 4.16. The summed E-state index contributed by atoms with van der Waals surface area (Å²) in [5.41, 5.74) is 3.05. The second-order valence-electron chi connectivity index (χ2n) is 9.52. The molecule has 2 heterocycles. The van der Waals surface area contributed by atoms with Crippen LogP contribution in [0.15, 0.2) is 47.5 Å². The van der Waals surface area contributed by atoms with Gasteiger partial charge in [0, 0.05) is 23.2 Å². The number of alkyl halides is 3. The lowest BCUT2D eigenvalue weighted by Gasteiger charge is -2.29. The van der Waals surface area contributed by atoms with Crippen LogP contribution in [0.5, 0.6) is 0 Å². The molecule has 13 nitrogen and oxygen atoms in total. The summed E-state index contributed by atoms with van der Waals surface area (Å²) in [6, 6.07) is 6.50. The lowest BCUT2D eigenvalue weighted by atomic mass is 10.1. The van der Waals surface area contributed by atoms with Gasteiger partial charge in [0.2, 0.25) is 0 Å². The van der Waals surface area contributed by atoms with Crippen molar-refractivity contribution >= 4 is 55.7 Å². The topological polar surface area (TPSA) is 187 Å². The van der Waals surface area contributed by atoms with Gasteiger partial charge in [0.05, 0.1) is 27.5 Å². The van der Waals surface area contributed by atoms with E-state index in [-0.39, 0.29) is 22.2 Å². The molecule has 0 saturated heterocycles. The first-order valence-corrected chi connectivity index (χ1v) is 12.8. The Morgan fingerprint density at radius 1 is 1.15 bits per heavy atom. The van der Waals surface area contributed by atoms with Crippen molar-refractivity contribution in [3.63, 3.8) is 0 Å². The maximum Gasteiger partial charge on any atom is 0.471 e. The van der Waals surface area contributed by atoms with Gasteiger partial charge in [-0.3, -0.25) is 29.5 Å². The Bertz CT molecular complexity index is 1670. The van der Waals surface area contributed by atoms with Gasteiger partial charge in [0.15, 0.2) is 4.90 Å². The van der Waals surface area contributed by atoms with Crippen molar-refractivity contribution < 1.29 is 40.8 Å². The zero-order valence-electron chi connectivity index (χ0n) is 20.9. The standard InChI is InChI=1S/C23H21F3N6O7S/c1-22(2,3)39-21(34)31-18-13(30-40(37,38)15-7-5-4-6-14(15)32(35)36)10-12(29-20(33)23(24,25)26)17-16(18)11(19(31)27)8-9-28-17/h4-10,19,30H,27H2,1-3H3,(H,29,33). The number of aromatic nitrogens is 1. The van der Waals surface area contributed by atoms with Crippen molar-refractivity contribution in [3.8, 4) is 0 Å². The van der Waals surface area contributed by atoms with Gasteiger partial charge in [-0.05, 0) is 39.0 Å². The SMILES string of the molecule is CC(C)(C)OC(=O)N1c2c(NS(=O)(=O)c3ccccc3[N+](=O)[O-])cc(NC(=O)C(F)(F)F)c3nccc(c23)C1N. The third-order valence-electron chi connectivity index (χ3n) is 5.55. The van der Waals surface area contributed by atoms with Gasteiger partial charge in [-0.2, -0.15) is 13.2 Å². The zero-order valence-corrected chi connectivity index (χ0v) is 21.8. The highest BCUT2D eigenvalue weighted by Gasteiger charge is 2.42. The van der Waals surface area contributed by atoms with Crippen molar-refractivity contribution in [2.75, 3.05) is 14.9 Å². The Morgan fingerprint density at radius 3 is 2.40 bits per heavy atom. The molecule has 2 aromatic carbocycles. The van der Waals surface area contributed by atoms with E-state index < -0.39 is 66.8 Å². The predicted molar refractivity (Wildman–Crippen MR) is 136 cm³/mol. The van der Waals surface area contributed by atoms with Crippen LogP contribution in [0.3, 0.4) is 0 Å². The maximum absolute atomic E-state index is 13.4. The van der Waals surface area contributed by atoms with Crippen LogP contribution in [0.4, 0.5) is 40.7 Å². The van der Waals surface area contributed by atoms with Gasteiger partial charge in [0.1, 0.15) is 11.8 Å². The Hall–Kier alpha value is -4.51. The molecule has 0 saturated carbocycles. The number of rotatable bonds is 5. The van der Waals surface area contributed by atoms with E-state index in [1.54, 1.807) is 26.1 Å². The highest BCUT2D eigenvalue weighted by atomic mass is 32.2. The molecule has 0 fully saturated rings. The number of pyridine rings is 1. The molecule has 0 radical (unpaired) electrons.